The summed E-state index contributed by atoms with van der Waals surface area (Å²) >= 11 is 0. The van der Waals surface area contributed by atoms with E-state index in [4.69, 9.17) is 0 Å². The number of carbonyl (C=O) groups excluding carboxylic acids is 1. The average Bonchev–Trinajstić information content (AvgIpc) is 2.73. The largest absolute Gasteiger partial charge is 0.311 e. The molecule has 3 heteroatoms. The third kappa shape index (κ3) is 3.09. The number of aryl methyl sites for hydroxylation is 1. The van der Waals surface area contributed by atoms with E-state index in [1.807, 2.05) is 6.92 Å². The number of hydrogen-bond donors (Lipinski definition) is 1. The van der Waals surface area contributed by atoms with E-state index in [9.17, 15) is 9.18 Å². The molecule has 3 rings (SSSR count). The summed E-state index contributed by atoms with van der Waals surface area (Å²) in [6.07, 6.45) is 5.82. The number of benzene rings is 1. The molecule has 2 heterocycles. The molecule has 0 radical (unpaired) electrons. The topological polar surface area (TPSA) is 29.1 Å². The van der Waals surface area contributed by atoms with E-state index in [1.54, 1.807) is 6.07 Å². The van der Waals surface area contributed by atoms with Gasteiger partial charge in [-0.1, -0.05) is 6.07 Å². The van der Waals surface area contributed by atoms with Crippen LogP contribution in [0.25, 0.3) is 0 Å². The van der Waals surface area contributed by atoms with Crippen molar-refractivity contribution in [2.24, 2.45) is 5.92 Å². The predicted molar refractivity (Wildman–Crippen MR) is 77.1 cm³/mol. The van der Waals surface area contributed by atoms with Gasteiger partial charge in [0, 0.05) is 24.9 Å². The molecule has 1 N–H and O–H groups in total. The van der Waals surface area contributed by atoms with Crippen molar-refractivity contribution in [1.29, 1.82) is 0 Å². The SMILES string of the molecule is Cc1ccc(F)cc1CC(=O)CC1CC2CCC(C1)N2. The quantitative estimate of drug-likeness (QED) is 0.914. The highest BCUT2D eigenvalue weighted by Gasteiger charge is 2.34. The van der Waals surface area contributed by atoms with Gasteiger partial charge in [-0.25, -0.2) is 4.39 Å². The molecule has 0 aromatic heterocycles. The molecule has 2 atom stereocenters. The van der Waals surface area contributed by atoms with E-state index in [-0.39, 0.29) is 11.6 Å². The van der Waals surface area contributed by atoms with Crippen LogP contribution in [0.2, 0.25) is 0 Å². The Bertz CT molecular complexity index is 502. The number of ketones is 1. The van der Waals surface area contributed by atoms with E-state index in [1.165, 1.54) is 25.0 Å². The third-order valence-electron chi connectivity index (χ3n) is 4.79. The molecule has 2 aliphatic rings. The monoisotopic (exact) mass is 275 g/mol. The fourth-order valence-corrected chi connectivity index (χ4v) is 3.78. The molecule has 20 heavy (non-hydrogen) atoms. The Labute approximate surface area is 119 Å². The van der Waals surface area contributed by atoms with Crippen molar-refractivity contribution in [3.05, 3.63) is 35.1 Å². The number of halogens is 1. The van der Waals surface area contributed by atoms with Gasteiger partial charge in [-0.3, -0.25) is 4.79 Å². The number of piperidine rings is 1. The Morgan fingerprint density at radius 2 is 2.00 bits per heavy atom. The zero-order chi connectivity index (χ0) is 14.1. The number of hydrogen-bond acceptors (Lipinski definition) is 2. The first-order chi connectivity index (χ1) is 9.60. The van der Waals surface area contributed by atoms with Crippen LogP contribution in [-0.4, -0.2) is 17.9 Å². The highest BCUT2D eigenvalue weighted by Crippen LogP contribution is 2.33. The summed E-state index contributed by atoms with van der Waals surface area (Å²) in [7, 11) is 0. The lowest BCUT2D eigenvalue weighted by atomic mass is 9.87. The second kappa shape index (κ2) is 5.65. The van der Waals surface area contributed by atoms with E-state index >= 15 is 0 Å². The fraction of sp³-hybridized carbons (Fsp3) is 0.588. The molecule has 2 fully saturated rings. The first kappa shape index (κ1) is 13.7. The Kier molecular flexibility index (Phi) is 3.88. The van der Waals surface area contributed by atoms with Crippen molar-refractivity contribution in [3.63, 3.8) is 0 Å². The zero-order valence-corrected chi connectivity index (χ0v) is 12.0. The summed E-state index contributed by atoms with van der Waals surface area (Å²) in [5.74, 6) is 0.526. The summed E-state index contributed by atoms with van der Waals surface area (Å²) in [5.41, 5.74) is 1.84. The van der Waals surface area contributed by atoms with Crippen molar-refractivity contribution < 1.29 is 9.18 Å². The van der Waals surface area contributed by atoms with E-state index < -0.39 is 0 Å². The van der Waals surface area contributed by atoms with Crippen LogP contribution in [0.5, 0.6) is 0 Å². The van der Waals surface area contributed by atoms with Crippen molar-refractivity contribution >= 4 is 5.78 Å². The summed E-state index contributed by atoms with van der Waals surface area (Å²) in [4.78, 5) is 12.2. The van der Waals surface area contributed by atoms with Gasteiger partial charge < -0.3 is 5.32 Å². The van der Waals surface area contributed by atoms with Crippen LogP contribution in [0.3, 0.4) is 0 Å². The van der Waals surface area contributed by atoms with Crippen LogP contribution >= 0.6 is 0 Å². The van der Waals surface area contributed by atoms with E-state index in [2.05, 4.69) is 5.32 Å². The van der Waals surface area contributed by atoms with Crippen molar-refractivity contribution in [3.8, 4) is 0 Å². The minimum Gasteiger partial charge on any atom is -0.311 e. The molecular formula is C17H22FNO. The Hall–Kier alpha value is -1.22. The van der Waals surface area contributed by atoms with Gasteiger partial charge in [0.1, 0.15) is 11.6 Å². The lowest BCUT2D eigenvalue weighted by Crippen LogP contribution is -2.38. The van der Waals surface area contributed by atoms with Crippen LogP contribution in [0.15, 0.2) is 18.2 Å². The van der Waals surface area contributed by atoms with Crippen molar-refractivity contribution in [2.75, 3.05) is 0 Å². The van der Waals surface area contributed by atoms with Gasteiger partial charge >= 0.3 is 0 Å². The van der Waals surface area contributed by atoms with Gasteiger partial charge in [0.25, 0.3) is 0 Å². The van der Waals surface area contributed by atoms with Crippen LogP contribution in [0.4, 0.5) is 4.39 Å². The normalized spacial score (nSPS) is 28.6. The maximum Gasteiger partial charge on any atom is 0.137 e. The van der Waals surface area contributed by atoms with Gasteiger partial charge in [-0.15, -0.1) is 0 Å². The number of rotatable bonds is 4. The molecule has 0 amide bonds. The highest BCUT2D eigenvalue weighted by atomic mass is 19.1. The van der Waals surface area contributed by atoms with Gasteiger partial charge in [-0.2, -0.15) is 0 Å². The summed E-state index contributed by atoms with van der Waals surface area (Å²) < 4.78 is 13.2. The molecule has 0 saturated carbocycles. The lowest BCUT2D eigenvalue weighted by molar-refractivity contribution is -0.119. The average molecular weight is 275 g/mol. The van der Waals surface area contributed by atoms with Crippen LogP contribution in [0.1, 0.15) is 43.2 Å². The van der Waals surface area contributed by atoms with Gasteiger partial charge in [0.15, 0.2) is 0 Å². The molecule has 2 aliphatic heterocycles. The maximum atomic E-state index is 13.2. The number of carbonyl (C=O) groups is 1. The third-order valence-corrected chi connectivity index (χ3v) is 4.79. The summed E-state index contributed by atoms with van der Waals surface area (Å²) in [6.45, 7) is 1.94. The zero-order valence-electron chi connectivity index (χ0n) is 12.0. The molecule has 2 nitrogen and oxygen atoms in total. The standard InChI is InChI=1S/C17H22FNO/c1-11-2-3-14(18)9-13(11)10-17(20)8-12-6-15-4-5-16(7-12)19-15/h2-3,9,12,15-16,19H,4-8,10H2,1H3. The Morgan fingerprint density at radius 3 is 2.70 bits per heavy atom. The van der Waals surface area contributed by atoms with Gasteiger partial charge in [0.2, 0.25) is 0 Å². The molecule has 1 aromatic carbocycles. The van der Waals surface area contributed by atoms with Gasteiger partial charge in [-0.05, 0) is 61.8 Å². The molecule has 2 unspecified atom stereocenters. The first-order valence-corrected chi connectivity index (χ1v) is 7.63. The lowest BCUT2D eigenvalue weighted by Gasteiger charge is -2.28. The van der Waals surface area contributed by atoms with Crippen LogP contribution in [-0.2, 0) is 11.2 Å². The summed E-state index contributed by atoms with van der Waals surface area (Å²) in [6, 6.07) is 5.96. The Morgan fingerprint density at radius 1 is 1.30 bits per heavy atom. The fourth-order valence-electron chi connectivity index (χ4n) is 3.78. The van der Waals surface area contributed by atoms with E-state index in [0.29, 0.717) is 30.8 Å². The van der Waals surface area contributed by atoms with Crippen LogP contribution < -0.4 is 5.32 Å². The van der Waals surface area contributed by atoms with Gasteiger partial charge in [0.05, 0.1) is 0 Å². The molecule has 2 saturated heterocycles. The van der Waals surface area contributed by atoms with Crippen LogP contribution in [0, 0.1) is 18.7 Å². The number of fused-ring (bicyclic) bond motifs is 2. The molecule has 0 aliphatic carbocycles. The Balaban J connectivity index is 1.58. The molecule has 2 bridgehead atoms. The summed E-state index contributed by atoms with van der Waals surface area (Å²) in [5, 5.41) is 3.60. The second-order valence-electron chi connectivity index (χ2n) is 6.47. The number of Topliss-reactive ketones (excluding diaryl/α,β-unsaturated/α-hetero) is 1. The van der Waals surface area contributed by atoms with Crippen molar-refractivity contribution in [2.45, 2.75) is 57.5 Å². The smallest absolute Gasteiger partial charge is 0.137 e. The first-order valence-electron chi connectivity index (χ1n) is 7.63. The highest BCUT2D eigenvalue weighted by molar-refractivity contribution is 5.81. The minimum absolute atomic E-state index is 0.252. The van der Waals surface area contributed by atoms with Crippen molar-refractivity contribution in [1.82, 2.24) is 5.32 Å². The number of nitrogens with one attached hydrogen (secondary N) is 1. The maximum absolute atomic E-state index is 13.2. The molecule has 0 spiro atoms. The van der Waals surface area contributed by atoms with E-state index in [0.717, 1.165) is 24.0 Å². The minimum atomic E-state index is -0.252. The molecule has 1 aromatic rings. The second-order valence-corrected chi connectivity index (χ2v) is 6.47. The molecule has 108 valence electrons. The predicted octanol–water partition coefficient (Wildman–Crippen LogP) is 3.17. The molecular weight excluding hydrogens is 253 g/mol.